The highest BCUT2D eigenvalue weighted by Gasteiger charge is 2.36. The molecule has 2 amide bonds. The number of nitrogens with one attached hydrogen (secondary N) is 2. The number of carbonyl (C=O) groups excluding carboxylic acids is 2. The predicted molar refractivity (Wildman–Crippen MR) is 94.8 cm³/mol. The third-order valence-electron chi connectivity index (χ3n) is 3.84. The third-order valence-corrected chi connectivity index (χ3v) is 4.13. The number of fused-ring (bicyclic) bond motifs is 1. The molecule has 0 spiro atoms. The zero-order valence-electron chi connectivity index (χ0n) is 14.4. The van der Waals surface area contributed by atoms with Crippen molar-refractivity contribution in [2.45, 2.75) is 32.9 Å². The number of hydrogen-bond acceptors (Lipinski definition) is 5. The number of amides is 2. The number of aromatic nitrogens is 2. The number of carbonyl (C=O) groups is 2. The number of nitrogens with zero attached hydrogens (tertiary/aromatic N) is 2. The average Bonchev–Trinajstić information content (AvgIpc) is 2.53. The number of allylic oxidation sites excluding steroid dienone is 1. The number of pyridine rings is 1. The molecule has 3 heterocycles. The first kappa shape index (κ1) is 17.9. The van der Waals surface area contributed by atoms with Gasteiger partial charge in [-0.2, -0.15) is 0 Å². The first-order valence-electron chi connectivity index (χ1n) is 7.95. The van der Waals surface area contributed by atoms with Gasteiger partial charge in [-0.15, -0.1) is 0 Å². The second kappa shape index (κ2) is 6.80. The van der Waals surface area contributed by atoms with Gasteiger partial charge in [-0.1, -0.05) is 17.7 Å². The Morgan fingerprint density at radius 1 is 1.35 bits per heavy atom. The normalized spacial score (nSPS) is 17.3. The van der Waals surface area contributed by atoms with E-state index in [2.05, 4.69) is 15.6 Å². The first-order valence-corrected chi connectivity index (χ1v) is 8.33. The maximum Gasteiger partial charge on any atom is 0.338 e. The SMILES string of the molecule is CC1=C(C(=O)OC(C)C)[C@@H](c2c(Cl)nc3ccccn3c2=O)NC(=O)N1. The van der Waals surface area contributed by atoms with Crippen LogP contribution in [0.1, 0.15) is 32.4 Å². The molecule has 1 aliphatic heterocycles. The van der Waals surface area contributed by atoms with Gasteiger partial charge in [-0.05, 0) is 32.9 Å². The lowest BCUT2D eigenvalue weighted by atomic mass is 9.97. The van der Waals surface area contributed by atoms with Crippen LogP contribution in [0, 0.1) is 0 Å². The highest BCUT2D eigenvalue weighted by Crippen LogP contribution is 2.29. The van der Waals surface area contributed by atoms with Crippen LogP contribution in [0.2, 0.25) is 5.15 Å². The van der Waals surface area contributed by atoms with Crippen LogP contribution in [-0.4, -0.2) is 27.5 Å². The van der Waals surface area contributed by atoms with Gasteiger partial charge in [0.15, 0.2) is 0 Å². The van der Waals surface area contributed by atoms with E-state index in [4.69, 9.17) is 16.3 Å². The minimum Gasteiger partial charge on any atom is -0.459 e. The maximum atomic E-state index is 12.9. The van der Waals surface area contributed by atoms with Gasteiger partial charge in [-0.25, -0.2) is 14.6 Å². The molecule has 0 bridgehead atoms. The Labute approximate surface area is 153 Å². The third kappa shape index (κ3) is 3.15. The Balaban J connectivity index is 2.21. The molecule has 3 rings (SSSR count). The largest absolute Gasteiger partial charge is 0.459 e. The molecule has 136 valence electrons. The van der Waals surface area contributed by atoms with Crippen LogP contribution >= 0.6 is 11.6 Å². The Kier molecular flexibility index (Phi) is 4.69. The number of hydrogen-bond donors (Lipinski definition) is 2. The lowest BCUT2D eigenvalue weighted by Gasteiger charge is -2.28. The van der Waals surface area contributed by atoms with Crippen LogP contribution in [0.25, 0.3) is 5.65 Å². The van der Waals surface area contributed by atoms with E-state index in [1.165, 1.54) is 10.6 Å². The van der Waals surface area contributed by atoms with Gasteiger partial charge >= 0.3 is 12.0 Å². The average molecular weight is 377 g/mol. The lowest BCUT2D eigenvalue weighted by Crippen LogP contribution is -2.47. The van der Waals surface area contributed by atoms with Crippen molar-refractivity contribution in [3.05, 3.63) is 56.7 Å². The van der Waals surface area contributed by atoms with Crippen molar-refractivity contribution in [1.82, 2.24) is 20.0 Å². The van der Waals surface area contributed by atoms with Crippen molar-refractivity contribution >= 4 is 29.2 Å². The van der Waals surface area contributed by atoms with Gasteiger partial charge < -0.3 is 15.4 Å². The van der Waals surface area contributed by atoms with Crippen molar-refractivity contribution in [3.63, 3.8) is 0 Å². The molecular weight excluding hydrogens is 360 g/mol. The molecule has 0 saturated heterocycles. The summed E-state index contributed by atoms with van der Waals surface area (Å²) in [6.07, 6.45) is 1.17. The van der Waals surface area contributed by atoms with E-state index in [1.807, 2.05) is 0 Å². The molecule has 26 heavy (non-hydrogen) atoms. The van der Waals surface area contributed by atoms with Crippen LogP contribution in [-0.2, 0) is 9.53 Å². The summed E-state index contributed by atoms with van der Waals surface area (Å²) in [5.41, 5.74) is 0.280. The Bertz CT molecular complexity index is 996. The van der Waals surface area contributed by atoms with Gasteiger partial charge in [0.1, 0.15) is 10.8 Å². The fourth-order valence-electron chi connectivity index (χ4n) is 2.78. The quantitative estimate of drug-likeness (QED) is 0.629. The second-order valence-electron chi connectivity index (χ2n) is 6.07. The van der Waals surface area contributed by atoms with E-state index >= 15 is 0 Å². The number of rotatable bonds is 3. The van der Waals surface area contributed by atoms with Gasteiger partial charge in [0.05, 0.1) is 23.3 Å². The second-order valence-corrected chi connectivity index (χ2v) is 6.43. The predicted octanol–water partition coefficient (Wildman–Crippen LogP) is 1.93. The van der Waals surface area contributed by atoms with Crippen molar-refractivity contribution in [3.8, 4) is 0 Å². The number of halogens is 1. The highest BCUT2D eigenvalue weighted by atomic mass is 35.5. The van der Waals surface area contributed by atoms with Gasteiger partial charge in [-0.3, -0.25) is 9.20 Å². The Morgan fingerprint density at radius 3 is 2.77 bits per heavy atom. The van der Waals surface area contributed by atoms with Crippen LogP contribution in [0.4, 0.5) is 4.79 Å². The molecule has 0 saturated carbocycles. The summed E-state index contributed by atoms with van der Waals surface area (Å²) in [7, 11) is 0. The van der Waals surface area contributed by atoms with E-state index in [1.54, 1.807) is 39.0 Å². The Hall–Kier alpha value is -2.87. The molecule has 8 nitrogen and oxygen atoms in total. The monoisotopic (exact) mass is 376 g/mol. The first-order chi connectivity index (χ1) is 12.3. The summed E-state index contributed by atoms with van der Waals surface area (Å²) >= 11 is 6.24. The molecule has 1 atom stereocenters. The Morgan fingerprint density at radius 2 is 2.08 bits per heavy atom. The summed E-state index contributed by atoms with van der Waals surface area (Å²) in [5, 5.41) is 5.00. The zero-order valence-corrected chi connectivity index (χ0v) is 15.1. The lowest BCUT2D eigenvalue weighted by molar-refractivity contribution is -0.143. The van der Waals surface area contributed by atoms with Crippen LogP contribution in [0.5, 0.6) is 0 Å². The van der Waals surface area contributed by atoms with Crippen LogP contribution < -0.4 is 16.2 Å². The molecule has 2 aromatic rings. The summed E-state index contributed by atoms with van der Waals surface area (Å²) in [4.78, 5) is 41.6. The highest BCUT2D eigenvalue weighted by molar-refractivity contribution is 6.30. The number of ether oxygens (including phenoxy) is 1. The standard InChI is InChI=1S/C17H17ClN4O4/c1-8(2)26-16(24)11-9(3)19-17(25)21-13(11)12-14(18)20-10-6-4-5-7-22(10)15(12)23/h4-8,13H,1-3H3,(H2,19,21,25)/t13-/m0/s1. The molecule has 0 aromatic carbocycles. The van der Waals surface area contributed by atoms with Crippen molar-refractivity contribution < 1.29 is 14.3 Å². The summed E-state index contributed by atoms with van der Waals surface area (Å²) in [6.45, 7) is 4.97. The smallest absolute Gasteiger partial charge is 0.338 e. The van der Waals surface area contributed by atoms with E-state index in [0.29, 0.717) is 5.65 Å². The summed E-state index contributed by atoms with van der Waals surface area (Å²) in [5.74, 6) is -0.649. The molecule has 2 aromatic heterocycles. The molecule has 0 fully saturated rings. The van der Waals surface area contributed by atoms with E-state index in [-0.39, 0.29) is 28.1 Å². The molecular formula is C17H17ClN4O4. The van der Waals surface area contributed by atoms with Crippen molar-refractivity contribution in [2.75, 3.05) is 0 Å². The molecule has 9 heteroatoms. The van der Waals surface area contributed by atoms with E-state index in [0.717, 1.165) is 0 Å². The van der Waals surface area contributed by atoms with Gasteiger partial charge in [0.2, 0.25) is 0 Å². The molecule has 1 aliphatic rings. The van der Waals surface area contributed by atoms with Gasteiger partial charge in [0, 0.05) is 11.9 Å². The van der Waals surface area contributed by atoms with E-state index in [9.17, 15) is 14.4 Å². The minimum absolute atomic E-state index is 0.000253. The van der Waals surface area contributed by atoms with Crippen molar-refractivity contribution in [2.24, 2.45) is 0 Å². The topological polar surface area (TPSA) is 102 Å². The number of urea groups is 1. The molecule has 0 unspecified atom stereocenters. The minimum atomic E-state index is -1.07. The summed E-state index contributed by atoms with van der Waals surface area (Å²) in [6, 6.07) is 3.40. The molecule has 2 N–H and O–H groups in total. The molecule has 0 aliphatic carbocycles. The summed E-state index contributed by atoms with van der Waals surface area (Å²) < 4.78 is 6.56. The maximum absolute atomic E-state index is 12.9. The van der Waals surface area contributed by atoms with Gasteiger partial charge in [0.25, 0.3) is 5.56 Å². The van der Waals surface area contributed by atoms with E-state index < -0.39 is 23.6 Å². The fourth-order valence-corrected chi connectivity index (χ4v) is 3.05. The van der Waals surface area contributed by atoms with Crippen molar-refractivity contribution in [1.29, 1.82) is 0 Å². The fraction of sp³-hybridized carbons (Fsp3) is 0.294. The van der Waals surface area contributed by atoms with Crippen LogP contribution in [0.15, 0.2) is 40.5 Å². The van der Waals surface area contributed by atoms with Crippen LogP contribution in [0.3, 0.4) is 0 Å². The number of esters is 1. The zero-order chi connectivity index (χ0) is 19.0. The molecule has 0 radical (unpaired) electrons.